The number of hydrogen-bond acceptors (Lipinski definition) is 6. The molecule has 0 aliphatic heterocycles. The number of halogens is 7. The highest BCUT2D eigenvalue weighted by atomic mass is 19.4. The Kier molecular flexibility index (Phi) is 4.22. The van der Waals surface area contributed by atoms with Gasteiger partial charge in [0.15, 0.2) is 0 Å². The van der Waals surface area contributed by atoms with Crippen molar-refractivity contribution >= 4 is 12.3 Å². The quantitative estimate of drug-likeness (QED) is 0.329. The third-order valence-corrected chi connectivity index (χ3v) is 1.11. The van der Waals surface area contributed by atoms with Gasteiger partial charge in [0.05, 0.1) is 0 Å². The van der Waals surface area contributed by atoms with Crippen molar-refractivity contribution in [1.82, 2.24) is 0 Å². The SMILES string of the molecule is O=C([O-])OOC(=O)OC(F)(F)C(F)(F)C(F)(F)F. The molecule has 0 aliphatic rings. The molecule has 0 aliphatic carbocycles. The molecule has 0 spiro atoms. The highest BCUT2D eigenvalue weighted by Gasteiger charge is 2.76. The lowest BCUT2D eigenvalue weighted by molar-refractivity contribution is -0.419. The molecule has 106 valence electrons. The molecule has 18 heavy (non-hydrogen) atoms. The second-order valence-corrected chi connectivity index (χ2v) is 2.36. The van der Waals surface area contributed by atoms with E-state index in [1.165, 1.54) is 0 Å². The van der Waals surface area contributed by atoms with E-state index >= 15 is 0 Å². The van der Waals surface area contributed by atoms with Crippen LogP contribution in [0, 0.1) is 0 Å². The summed E-state index contributed by atoms with van der Waals surface area (Å²) in [6, 6.07) is 0. The number of hydrogen-bond donors (Lipinski definition) is 0. The van der Waals surface area contributed by atoms with Gasteiger partial charge in [0.25, 0.3) is 6.16 Å². The molecule has 0 heterocycles. The molecule has 0 aromatic carbocycles. The van der Waals surface area contributed by atoms with E-state index in [0.717, 1.165) is 0 Å². The van der Waals surface area contributed by atoms with Crippen LogP contribution in [0.1, 0.15) is 0 Å². The second kappa shape index (κ2) is 4.73. The van der Waals surface area contributed by atoms with Crippen molar-refractivity contribution in [1.29, 1.82) is 0 Å². The Hall–Kier alpha value is -1.95. The van der Waals surface area contributed by atoms with E-state index in [1.807, 2.05) is 0 Å². The van der Waals surface area contributed by atoms with Crippen molar-refractivity contribution < 1.29 is 59.9 Å². The topological polar surface area (TPSA) is 84.9 Å². The number of carboxylic acid groups (broad SMARTS) is 1. The van der Waals surface area contributed by atoms with Gasteiger partial charge in [0.1, 0.15) is 0 Å². The zero-order valence-electron chi connectivity index (χ0n) is 7.60. The molecule has 0 unspecified atom stereocenters. The Balaban J connectivity index is 4.75. The maximum Gasteiger partial charge on any atom is 0.541 e. The van der Waals surface area contributed by atoms with E-state index in [9.17, 15) is 45.4 Å². The molecule has 0 saturated carbocycles. The van der Waals surface area contributed by atoms with Crippen LogP contribution in [0.15, 0.2) is 0 Å². The van der Waals surface area contributed by atoms with Crippen molar-refractivity contribution in [3.05, 3.63) is 0 Å². The van der Waals surface area contributed by atoms with Crippen molar-refractivity contribution in [2.75, 3.05) is 0 Å². The minimum atomic E-state index is -6.73. The summed E-state index contributed by atoms with van der Waals surface area (Å²) < 4.78 is 85.5. The minimum absolute atomic E-state index is 2.30. The standard InChI is InChI=1S/C5HF7O6/c6-3(7,4(8,9)10)5(11,12)16-2(15)18-17-1(13)14/h(H,13,14)/p-1. The summed E-state index contributed by atoms with van der Waals surface area (Å²) in [7, 11) is 0. The molecule has 6 nitrogen and oxygen atoms in total. The second-order valence-electron chi connectivity index (χ2n) is 2.36. The summed E-state index contributed by atoms with van der Waals surface area (Å²) in [4.78, 5) is 25.0. The van der Waals surface area contributed by atoms with Crippen LogP contribution in [0.3, 0.4) is 0 Å². The summed E-state index contributed by atoms with van der Waals surface area (Å²) >= 11 is 0. The number of carbonyl (C=O) groups is 2. The van der Waals surface area contributed by atoms with Crippen LogP contribution in [-0.4, -0.2) is 30.5 Å². The third kappa shape index (κ3) is 3.53. The molecule has 0 aromatic rings. The number of carbonyl (C=O) groups excluding carboxylic acids is 2. The van der Waals surface area contributed by atoms with Gasteiger partial charge >= 0.3 is 24.4 Å². The Morgan fingerprint density at radius 3 is 1.67 bits per heavy atom. The van der Waals surface area contributed by atoms with E-state index in [0.29, 0.717) is 0 Å². The van der Waals surface area contributed by atoms with Crippen LogP contribution in [0.25, 0.3) is 0 Å². The van der Waals surface area contributed by atoms with Crippen LogP contribution in [0.4, 0.5) is 40.3 Å². The van der Waals surface area contributed by atoms with E-state index < -0.39 is 30.5 Å². The van der Waals surface area contributed by atoms with Crippen LogP contribution in [0.2, 0.25) is 0 Å². The van der Waals surface area contributed by atoms with Crippen molar-refractivity contribution in [2.45, 2.75) is 18.2 Å². The monoisotopic (exact) mass is 289 g/mol. The Morgan fingerprint density at radius 1 is 0.889 bits per heavy atom. The summed E-state index contributed by atoms with van der Waals surface area (Å²) in [5, 5.41) is 9.44. The zero-order valence-corrected chi connectivity index (χ0v) is 7.60. The normalized spacial score (nSPS) is 12.8. The lowest BCUT2D eigenvalue weighted by Gasteiger charge is -2.26. The lowest BCUT2D eigenvalue weighted by atomic mass is 10.3. The predicted molar refractivity (Wildman–Crippen MR) is 30.0 cm³/mol. The summed E-state index contributed by atoms with van der Waals surface area (Å²) in [5.74, 6) is -6.72. The fourth-order valence-electron chi connectivity index (χ4n) is 0.419. The summed E-state index contributed by atoms with van der Waals surface area (Å²) in [6.07, 6.45) is -18.6. The van der Waals surface area contributed by atoms with Gasteiger partial charge in [0, 0.05) is 0 Å². The molecule has 0 amide bonds. The fraction of sp³-hybridized carbons (Fsp3) is 0.600. The average Bonchev–Trinajstić information content (AvgIpc) is 2.11. The molecule has 13 heteroatoms. The molecule has 0 aromatic heterocycles. The average molecular weight is 289 g/mol. The Bertz CT molecular complexity index is 336. The molecule has 0 N–H and O–H groups in total. The van der Waals surface area contributed by atoms with Gasteiger partial charge in [-0.3, -0.25) is 4.89 Å². The molecule has 0 radical (unpaired) electrons. The first-order valence-corrected chi connectivity index (χ1v) is 3.42. The maximum atomic E-state index is 12.3. The first-order valence-electron chi connectivity index (χ1n) is 3.42. The molecule has 0 rings (SSSR count). The van der Waals surface area contributed by atoms with E-state index in [-0.39, 0.29) is 0 Å². The summed E-state index contributed by atoms with van der Waals surface area (Å²) in [6.45, 7) is 0. The predicted octanol–water partition coefficient (Wildman–Crippen LogP) is 1.20. The van der Waals surface area contributed by atoms with E-state index in [1.54, 1.807) is 0 Å². The van der Waals surface area contributed by atoms with Crippen molar-refractivity contribution in [3.8, 4) is 0 Å². The van der Waals surface area contributed by atoms with Gasteiger partial charge in [-0.25, -0.2) is 4.79 Å². The van der Waals surface area contributed by atoms with Gasteiger partial charge in [-0.05, 0) is 0 Å². The highest BCUT2D eigenvalue weighted by molar-refractivity contribution is 5.61. The van der Waals surface area contributed by atoms with Crippen molar-refractivity contribution in [2.24, 2.45) is 0 Å². The molecule has 0 fully saturated rings. The van der Waals surface area contributed by atoms with E-state index in [2.05, 4.69) is 14.5 Å². The third-order valence-electron chi connectivity index (χ3n) is 1.11. The highest BCUT2D eigenvalue weighted by Crippen LogP contribution is 2.47. The van der Waals surface area contributed by atoms with Gasteiger partial charge in [-0.1, -0.05) is 0 Å². The number of ether oxygens (including phenoxy) is 1. The molecule has 0 bridgehead atoms. The maximum absolute atomic E-state index is 12.3. The van der Waals surface area contributed by atoms with Gasteiger partial charge in [0.2, 0.25) is 0 Å². The van der Waals surface area contributed by atoms with Crippen LogP contribution in [0.5, 0.6) is 0 Å². The first kappa shape index (κ1) is 16.1. The Morgan fingerprint density at radius 2 is 1.33 bits per heavy atom. The lowest BCUT2D eigenvalue weighted by Crippen LogP contribution is -2.54. The smallest absolute Gasteiger partial charge is 0.423 e. The fourth-order valence-corrected chi connectivity index (χ4v) is 0.419. The van der Waals surface area contributed by atoms with Gasteiger partial charge in [-0.15, -0.1) is 0 Å². The summed E-state index contributed by atoms with van der Waals surface area (Å²) in [5.41, 5.74) is 0. The molecular formula is C5F7O6-. The number of alkyl halides is 7. The van der Waals surface area contributed by atoms with Crippen LogP contribution >= 0.6 is 0 Å². The van der Waals surface area contributed by atoms with Crippen LogP contribution in [-0.2, 0) is 14.5 Å². The van der Waals surface area contributed by atoms with Gasteiger partial charge < -0.3 is 19.5 Å². The first-order chi connectivity index (χ1) is 7.81. The van der Waals surface area contributed by atoms with E-state index in [4.69, 9.17) is 0 Å². The molecular weight excluding hydrogens is 289 g/mol. The molecule has 0 atom stereocenters. The zero-order chi connectivity index (χ0) is 14.8. The molecule has 0 saturated heterocycles. The van der Waals surface area contributed by atoms with Gasteiger partial charge in [-0.2, -0.15) is 30.7 Å². The van der Waals surface area contributed by atoms with Crippen molar-refractivity contribution in [3.63, 3.8) is 0 Å². The minimum Gasteiger partial charge on any atom is -0.423 e. The largest absolute Gasteiger partial charge is 0.541 e. The Labute approximate surface area is 91.7 Å². The number of rotatable bonds is 2. The van der Waals surface area contributed by atoms with Crippen LogP contribution < -0.4 is 5.11 Å².